The van der Waals surface area contributed by atoms with Crippen LogP contribution in [0, 0.1) is 6.92 Å². The lowest BCUT2D eigenvalue weighted by molar-refractivity contribution is 0.749. The molecule has 0 bridgehead atoms. The van der Waals surface area contributed by atoms with Crippen molar-refractivity contribution in [2.75, 3.05) is 9.80 Å². The molecule has 3 aromatic rings. The Morgan fingerprint density at radius 1 is 1.00 bits per heavy atom. The van der Waals surface area contributed by atoms with Crippen LogP contribution in [0.1, 0.15) is 18.3 Å². The minimum atomic E-state index is 0.230. The second kappa shape index (κ2) is 5.24. The van der Waals surface area contributed by atoms with Gasteiger partial charge in [0.05, 0.1) is 11.0 Å². The van der Waals surface area contributed by atoms with Gasteiger partial charge in [-0.3, -0.25) is 0 Å². The number of imidazole rings is 1. The average Bonchev–Trinajstić information content (AvgIpc) is 3.30. The monoisotopic (exact) mass is 328 g/mol. The van der Waals surface area contributed by atoms with Gasteiger partial charge in [-0.15, -0.1) is 0 Å². The van der Waals surface area contributed by atoms with Gasteiger partial charge >= 0.3 is 0 Å². The van der Waals surface area contributed by atoms with Gasteiger partial charge in [0.25, 0.3) is 0 Å². The topological polar surface area (TPSA) is 24.3 Å². The fourth-order valence-electron chi connectivity index (χ4n) is 3.85. The molecule has 2 aromatic carbocycles. The molecule has 25 heavy (non-hydrogen) atoms. The third-order valence-corrected chi connectivity index (χ3v) is 5.16. The van der Waals surface area contributed by atoms with E-state index in [0.29, 0.717) is 0 Å². The minimum absolute atomic E-state index is 0.230. The van der Waals surface area contributed by atoms with Gasteiger partial charge in [0.1, 0.15) is 12.0 Å². The van der Waals surface area contributed by atoms with Gasteiger partial charge in [-0.05, 0) is 43.7 Å². The molecule has 0 fully saturated rings. The van der Waals surface area contributed by atoms with E-state index in [4.69, 9.17) is 4.98 Å². The number of aryl methyl sites for hydroxylation is 1. The minimum Gasteiger partial charge on any atom is -0.326 e. The molecule has 3 heterocycles. The molecular formula is C21H20N4. The highest BCUT2D eigenvalue weighted by Crippen LogP contribution is 2.34. The van der Waals surface area contributed by atoms with Gasteiger partial charge in [0, 0.05) is 36.4 Å². The van der Waals surface area contributed by atoms with E-state index >= 15 is 0 Å². The lowest BCUT2D eigenvalue weighted by atomic mass is 10.1. The van der Waals surface area contributed by atoms with Crippen molar-refractivity contribution in [1.29, 1.82) is 0 Å². The number of nitrogens with zero attached hydrogens (tertiary/aromatic N) is 4. The first-order chi connectivity index (χ1) is 12.2. The Hall–Kier alpha value is -3.01. The van der Waals surface area contributed by atoms with Crippen LogP contribution < -0.4 is 9.80 Å². The summed E-state index contributed by atoms with van der Waals surface area (Å²) in [5.74, 6) is 1.13. The molecule has 0 N–H and O–H groups in total. The second-order valence-electron chi connectivity index (χ2n) is 6.69. The standard InChI is InChI=1S/C21H20N4/c1-15-13-20-18(22-21-9-6-10-25(20)21)14-19(15)24-12-11-23(16(24)2)17-7-4-3-5-8-17/h3-8,10-14,16H,9H2,1-2H3/t16-/m0/s1. The molecule has 4 heteroatoms. The molecule has 0 aliphatic carbocycles. The van der Waals surface area contributed by atoms with Crippen LogP contribution in [0.15, 0.2) is 60.9 Å². The largest absolute Gasteiger partial charge is 0.326 e. The smallest absolute Gasteiger partial charge is 0.117 e. The number of hydrogen-bond donors (Lipinski definition) is 0. The fraction of sp³-hybridized carbons (Fsp3) is 0.190. The van der Waals surface area contributed by atoms with Crippen molar-refractivity contribution in [3.63, 3.8) is 0 Å². The summed E-state index contributed by atoms with van der Waals surface area (Å²) < 4.78 is 2.20. The van der Waals surface area contributed by atoms with Crippen LogP contribution >= 0.6 is 0 Å². The molecule has 0 saturated heterocycles. The van der Waals surface area contributed by atoms with Gasteiger partial charge in [0.2, 0.25) is 0 Å². The first-order valence-electron chi connectivity index (χ1n) is 8.70. The normalized spacial score (nSPS) is 18.6. The molecule has 4 nitrogen and oxygen atoms in total. The van der Waals surface area contributed by atoms with Crippen LogP contribution in [0.5, 0.6) is 0 Å². The van der Waals surface area contributed by atoms with Gasteiger partial charge in [-0.2, -0.15) is 0 Å². The van der Waals surface area contributed by atoms with Gasteiger partial charge in [-0.1, -0.05) is 24.3 Å². The summed E-state index contributed by atoms with van der Waals surface area (Å²) in [5.41, 5.74) is 5.95. The van der Waals surface area contributed by atoms with Gasteiger partial charge < -0.3 is 14.4 Å². The zero-order valence-corrected chi connectivity index (χ0v) is 14.4. The van der Waals surface area contributed by atoms with Crippen molar-refractivity contribution in [2.45, 2.75) is 26.4 Å². The number of hydrogen-bond acceptors (Lipinski definition) is 3. The van der Waals surface area contributed by atoms with Crippen molar-refractivity contribution in [2.24, 2.45) is 0 Å². The first-order valence-corrected chi connectivity index (χ1v) is 8.70. The molecule has 5 rings (SSSR count). The number of aromatic nitrogens is 2. The van der Waals surface area contributed by atoms with E-state index in [2.05, 4.69) is 95.4 Å². The zero-order valence-electron chi connectivity index (χ0n) is 14.4. The molecule has 0 unspecified atom stereocenters. The maximum atomic E-state index is 4.80. The van der Waals surface area contributed by atoms with Gasteiger partial charge in [-0.25, -0.2) is 4.98 Å². The van der Waals surface area contributed by atoms with Crippen molar-refractivity contribution in [3.8, 4) is 0 Å². The Morgan fingerprint density at radius 2 is 1.80 bits per heavy atom. The van der Waals surface area contributed by atoms with Crippen molar-refractivity contribution < 1.29 is 0 Å². The van der Waals surface area contributed by atoms with Crippen LogP contribution in [0.2, 0.25) is 0 Å². The predicted molar refractivity (Wildman–Crippen MR) is 104 cm³/mol. The summed E-state index contributed by atoms with van der Waals surface area (Å²) in [5, 5.41) is 0. The molecule has 2 aliphatic rings. The Bertz CT molecular complexity index is 1010. The highest BCUT2D eigenvalue weighted by Gasteiger charge is 2.26. The van der Waals surface area contributed by atoms with E-state index < -0.39 is 0 Å². The maximum absolute atomic E-state index is 4.80. The third kappa shape index (κ3) is 2.10. The third-order valence-electron chi connectivity index (χ3n) is 5.16. The predicted octanol–water partition coefficient (Wildman–Crippen LogP) is 4.52. The van der Waals surface area contributed by atoms with Crippen LogP contribution in [0.3, 0.4) is 0 Å². The fourth-order valence-corrected chi connectivity index (χ4v) is 3.85. The van der Waals surface area contributed by atoms with E-state index in [1.54, 1.807) is 0 Å². The number of fused-ring (bicyclic) bond motifs is 3. The summed E-state index contributed by atoms with van der Waals surface area (Å²) in [7, 11) is 0. The summed E-state index contributed by atoms with van der Waals surface area (Å²) in [6, 6.07) is 15.0. The molecule has 0 radical (unpaired) electrons. The summed E-state index contributed by atoms with van der Waals surface area (Å²) >= 11 is 0. The maximum Gasteiger partial charge on any atom is 0.117 e. The van der Waals surface area contributed by atoms with E-state index in [-0.39, 0.29) is 6.17 Å². The Kier molecular flexibility index (Phi) is 3.01. The van der Waals surface area contributed by atoms with Crippen molar-refractivity contribution in [1.82, 2.24) is 9.55 Å². The van der Waals surface area contributed by atoms with Gasteiger partial charge in [0.15, 0.2) is 0 Å². The first kappa shape index (κ1) is 14.3. The molecule has 0 amide bonds. The quantitative estimate of drug-likeness (QED) is 0.691. The molecule has 1 aromatic heterocycles. The van der Waals surface area contributed by atoms with E-state index in [9.17, 15) is 0 Å². The lowest BCUT2D eigenvalue weighted by Gasteiger charge is -2.30. The van der Waals surface area contributed by atoms with Crippen molar-refractivity contribution >= 4 is 28.6 Å². The highest BCUT2D eigenvalue weighted by molar-refractivity contribution is 5.85. The molecular weight excluding hydrogens is 308 g/mol. The molecule has 124 valence electrons. The van der Waals surface area contributed by atoms with Crippen LogP contribution in [-0.2, 0) is 6.42 Å². The Morgan fingerprint density at radius 3 is 2.64 bits per heavy atom. The van der Waals surface area contributed by atoms with Crippen LogP contribution in [0.4, 0.5) is 11.4 Å². The number of para-hydroxylation sites is 1. The number of rotatable bonds is 2. The summed E-state index contributed by atoms with van der Waals surface area (Å²) in [6.07, 6.45) is 9.75. The Labute approximate surface area is 147 Å². The molecule has 2 aliphatic heterocycles. The average molecular weight is 328 g/mol. The summed E-state index contributed by atoms with van der Waals surface area (Å²) in [4.78, 5) is 9.42. The van der Waals surface area contributed by atoms with Crippen LogP contribution in [0.25, 0.3) is 17.2 Å². The molecule has 1 atom stereocenters. The van der Waals surface area contributed by atoms with E-state index in [1.165, 1.54) is 22.5 Å². The SMILES string of the molecule is Cc1cc2c(cc1N1C=CN(c3ccccc3)[C@@H]1C)nc1n2C=CC1. The number of anilines is 2. The lowest BCUT2D eigenvalue weighted by Crippen LogP contribution is -2.36. The van der Waals surface area contributed by atoms with E-state index in [1.807, 2.05) is 0 Å². The summed E-state index contributed by atoms with van der Waals surface area (Å²) in [6.45, 7) is 4.41. The number of allylic oxidation sites excluding steroid dienone is 1. The zero-order chi connectivity index (χ0) is 17.0. The second-order valence-corrected chi connectivity index (χ2v) is 6.69. The highest BCUT2D eigenvalue weighted by atomic mass is 15.4. The van der Waals surface area contributed by atoms with Crippen LogP contribution in [-0.4, -0.2) is 15.7 Å². The molecule has 0 saturated carbocycles. The number of benzene rings is 2. The van der Waals surface area contributed by atoms with E-state index in [0.717, 1.165) is 17.8 Å². The van der Waals surface area contributed by atoms with Crippen molar-refractivity contribution in [3.05, 3.63) is 72.3 Å². The molecule has 0 spiro atoms. The Balaban J connectivity index is 1.55.